The van der Waals surface area contributed by atoms with E-state index in [0.717, 1.165) is 12.8 Å². The molecule has 0 bridgehead atoms. The van der Waals surface area contributed by atoms with Gasteiger partial charge in [0.25, 0.3) is 0 Å². The van der Waals surface area contributed by atoms with Crippen LogP contribution in [0.1, 0.15) is 30.9 Å². The Morgan fingerprint density at radius 3 is 2.56 bits per heavy atom. The van der Waals surface area contributed by atoms with E-state index in [1.54, 1.807) is 0 Å². The molecular weight excluding hydrogens is 240 g/mol. The molecule has 0 unspecified atom stereocenters. The highest BCUT2D eigenvalue weighted by molar-refractivity contribution is 6.69. The largest absolute Gasteiger partial charge is 0.406 e. The smallest absolute Gasteiger partial charge is 0.184 e. The van der Waals surface area contributed by atoms with E-state index in [1.165, 1.54) is 12.0 Å². The van der Waals surface area contributed by atoms with Crippen LogP contribution in [0.15, 0.2) is 30.3 Å². The van der Waals surface area contributed by atoms with Crippen LogP contribution in [-0.4, -0.2) is 20.0 Å². The topological polar surface area (TPSA) is 18.5 Å². The Labute approximate surface area is 110 Å². The van der Waals surface area contributed by atoms with Crippen molar-refractivity contribution in [3.05, 3.63) is 35.9 Å². The lowest BCUT2D eigenvalue weighted by Gasteiger charge is -2.54. The van der Waals surface area contributed by atoms with Crippen LogP contribution in [-0.2, 0) is 9.16 Å². The molecule has 0 radical (unpaired) electrons. The van der Waals surface area contributed by atoms with Crippen molar-refractivity contribution in [3.63, 3.8) is 0 Å². The lowest BCUT2D eigenvalue weighted by Crippen LogP contribution is -2.61. The predicted octanol–water partition coefficient (Wildman–Crippen LogP) is 3.90. The number of hydrogen-bond donors (Lipinski definition) is 0. The predicted molar refractivity (Wildman–Crippen MR) is 75.1 cm³/mol. The zero-order valence-corrected chi connectivity index (χ0v) is 12.5. The lowest BCUT2D eigenvalue weighted by molar-refractivity contribution is -0.270. The van der Waals surface area contributed by atoms with E-state index in [9.17, 15) is 0 Å². The Balaban J connectivity index is 1.89. The summed E-state index contributed by atoms with van der Waals surface area (Å²) in [5, 5.41) is 0. The molecule has 2 fully saturated rings. The van der Waals surface area contributed by atoms with Crippen LogP contribution in [0, 0.1) is 0 Å². The van der Waals surface area contributed by atoms with Gasteiger partial charge in [0, 0.05) is 0 Å². The van der Waals surface area contributed by atoms with Gasteiger partial charge in [0.2, 0.25) is 0 Å². The highest BCUT2D eigenvalue weighted by Crippen LogP contribution is 2.56. The molecule has 0 spiro atoms. The number of rotatable bonds is 3. The molecule has 98 valence electrons. The minimum absolute atomic E-state index is 0.0220. The molecule has 3 rings (SSSR count). The second-order valence-corrected chi connectivity index (χ2v) is 10.9. The highest BCUT2D eigenvalue weighted by Gasteiger charge is 2.61. The van der Waals surface area contributed by atoms with Crippen LogP contribution in [0.2, 0.25) is 19.6 Å². The molecule has 2 nitrogen and oxygen atoms in total. The summed E-state index contributed by atoms with van der Waals surface area (Å²) in [6.07, 6.45) is 4.03. The Morgan fingerprint density at radius 2 is 1.94 bits per heavy atom. The fourth-order valence-corrected chi connectivity index (χ4v) is 4.87. The quantitative estimate of drug-likeness (QED) is 0.769. The summed E-state index contributed by atoms with van der Waals surface area (Å²) in [7, 11) is -1.54. The van der Waals surface area contributed by atoms with Crippen molar-refractivity contribution >= 4 is 8.32 Å². The molecule has 0 N–H and O–H groups in total. The van der Waals surface area contributed by atoms with E-state index in [1.807, 2.05) is 0 Å². The maximum Gasteiger partial charge on any atom is 0.184 e. The Kier molecular flexibility index (Phi) is 2.88. The summed E-state index contributed by atoms with van der Waals surface area (Å²) in [6, 6.07) is 10.6. The van der Waals surface area contributed by atoms with E-state index in [0.29, 0.717) is 6.10 Å². The van der Waals surface area contributed by atoms with Gasteiger partial charge in [-0.15, -0.1) is 0 Å². The van der Waals surface area contributed by atoms with Crippen molar-refractivity contribution in [2.45, 2.75) is 56.7 Å². The summed E-state index contributed by atoms with van der Waals surface area (Å²) in [6.45, 7) is 6.83. The summed E-state index contributed by atoms with van der Waals surface area (Å²) < 4.78 is 12.7. The molecule has 1 aromatic carbocycles. The number of ether oxygens (including phenoxy) is 1. The molecule has 2 aliphatic rings. The Bertz CT molecular complexity index is 426. The van der Waals surface area contributed by atoms with Gasteiger partial charge < -0.3 is 9.16 Å². The fourth-order valence-electron chi connectivity index (χ4n) is 3.39. The third kappa shape index (κ3) is 1.94. The first-order chi connectivity index (χ1) is 8.51. The molecule has 1 aliphatic heterocycles. The van der Waals surface area contributed by atoms with E-state index in [-0.39, 0.29) is 11.7 Å². The van der Waals surface area contributed by atoms with E-state index in [2.05, 4.69) is 50.0 Å². The van der Waals surface area contributed by atoms with Crippen LogP contribution in [0.5, 0.6) is 0 Å². The van der Waals surface area contributed by atoms with Gasteiger partial charge in [0.05, 0.1) is 6.10 Å². The van der Waals surface area contributed by atoms with Gasteiger partial charge in [-0.05, 0) is 44.5 Å². The number of benzene rings is 1. The summed E-state index contributed by atoms with van der Waals surface area (Å²) >= 11 is 0. The molecule has 1 aliphatic carbocycles. The van der Waals surface area contributed by atoms with Crippen molar-refractivity contribution in [2.75, 3.05) is 0 Å². The number of fused-ring (bicyclic) bond motifs is 1. The van der Waals surface area contributed by atoms with E-state index in [4.69, 9.17) is 9.16 Å². The molecule has 1 saturated carbocycles. The first kappa shape index (κ1) is 12.4. The van der Waals surface area contributed by atoms with Crippen molar-refractivity contribution in [1.29, 1.82) is 0 Å². The average Bonchev–Trinajstić information content (AvgIpc) is 2.58. The molecule has 0 amide bonds. The van der Waals surface area contributed by atoms with Crippen molar-refractivity contribution in [1.82, 2.24) is 0 Å². The molecule has 1 heterocycles. The fraction of sp³-hybridized carbons (Fsp3) is 0.600. The second kappa shape index (κ2) is 4.19. The molecule has 3 atom stereocenters. The van der Waals surface area contributed by atoms with Crippen LogP contribution < -0.4 is 0 Å². The van der Waals surface area contributed by atoms with Crippen molar-refractivity contribution < 1.29 is 9.16 Å². The monoisotopic (exact) mass is 262 g/mol. The average molecular weight is 262 g/mol. The van der Waals surface area contributed by atoms with Gasteiger partial charge in [-0.2, -0.15) is 0 Å². The van der Waals surface area contributed by atoms with Gasteiger partial charge in [0.15, 0.2) is 8.32 Å². The number of hydrogen-bond acceptors (Lipinski definition) is 2. The normalized spacial score (nSPS) is 35.1. The van der Waals surface area contributed by atoms with Crippen molar-refractivity contribution in [2.24, 2.45) is 0 Å². The maximum atomic E-state index is 6.57. The van der Waals surface area contributed by atoms with Gasteiger partial charge in [0.1, 0.15) is 11.7 Å². The molecule has 1 saturated heterocycles. The van der Waals surface area contributed by atoms with Crippen LogP contribution in [0.25, 0.3) is 0 Å². The van der Waals surface area contributed by atoms with Crippen LogP contribution in [0.4, 0.5) is 0 Å². The van der Waals surface area contributed by atoms with E-state index >= 15 is 0 Å². The first-order valence-electron chi connectivity index (χ1n) is 6.92. The minimum atomic E-state index is -1.54. The Morgan fingerprint density at radius 1 is 1.22 bits per heavy atom. The van der Waals surface area contributed by atoms with E-state index < -0.39 is 8.32 Å². The summed E-state index contributed by atoms with van der Waals surface area (Å²) in [4.78, 5) is 0. The van der Waals surface area contributed by atoms with Gasteiger partial charge >= 0.3 is 0 Å². The SMILES string of the molecule is C[Si](C)(C)O[C@]12CCC[C@H]1O[C@H]2c1ccccc1. The lowest BCUT2D eigenvalue weighted by atomic mass is 9.82. The van der Waals surface area contributed by atoms with Crippen LogP contribution in [0.3, 0.4) is 0 Å². The second-order valence-electron chi connectivity index (χ2n) is 6.48. The molecular formula is C15H22O2Si. The maximum absolute atomic E-state index is 6.57. The zero-order valence-electron chi connectivity index (χ0n) is 11.5. The van der Waals surface area contributed by atoms with Gasteiger partial charge in [-0.3, -0.25) is 0 Å². The highest BCUT2D eigenvalue weighted by atomic mass is 28.4. The van der Waals surface area contributed by atoms with Crippen LogP contribution >= 0.6 is 0 Å². The third-order valence-corrected chi connectivity index (χ3v) is 4.91. The van der Waals surface area contributed by atoms with Gasteiger partial charge in [-0.1, -0.05) is 30.3 Å². The molecule has 1 aromatic rings. The summed E-state index contributed by atoms with van der Waals surface area (Å²) in [5.74, 6) is 0. The molecule has 0 aromatic heterocycles. The standard InChI is InChI=1S/C15H22O2Si/c1-18(2,3)17-15-11-7-10-13(15)16-14(15)12-8-5-4-6-9-12/h4-6,8-9,13-14H,7,10-11H2,1-3H3/t13-,14+,15-/m1/s1. The van der Waals surface area contributed by atoms with Crippen molar-refractivity contribution in [3.8, 4) is 0 Å². The van der Waals surface area contributed by atoms with Gasteiger partial charge in [-0.25, -0.2) is 0 Å². The molecule has 18 heavy (non-hydrogen) atoms. The minimum Gasteiger partial charge on any atom is -0.406 e. The Hall–Kier alpha value is -0.643. The zero-order chi connectivity index (χ0) is 12.8. The summed E-state index contributed by atoms with van der Waals surface area (Å²) in [5.41, 5.74) is 1.25. The third-order valence-electron chi connectivity index (χ3n) is 3.92. The molecule has 3 heteroatoms. The first-order valence-corrected chi connectivity index (χ1v) is 10.3.